The lowest BCUT2D eigenvalue weighted by molar-refractivity contribution is 0.0774. The molecule has 0 radical (unpaired) electrons. The number of hydrogen-bond donors (Lipinski definition) is 0. The molecule has 29 heavy (non-hydrogen) atoms. The van der Waals surface area contributed by atoms with Crippen LogP contribution in [0.25, 0.3) is 11.5 Å². The molecule has 0 spiro atoms. The Bertz CT molecular complexity index is 1110. The highest BCUT2D eigenvalue weighted by Gasteiger charge is 2.19. The van der Waals surface area contributed by atoms with Gasteiger partial charge in [-0.1, -0.05) is 40.7 Å². The van der Waals surface area contributed by atoms with Crippen molar-refractivity contribution in [2.75, 3.05) is 7.05 Å². The van der Waals surface area contributed by atoms with Gasteiger partial charge in [0, 0.05) is 12.6 Å². The molecule has 0 bridgehead atoms. The summed E-state index contributed by atoms with van der Waals surface area (Å²) in [5, 5.41) is 11.8. The Morgan fingerprint density at radius 2 is 1.90 bits per heavy atom. The van der Waals surface area contributed by atoms with E-state index in [9.17, 15) is 9.18 Å². The second kappa shape index (κ2) is 8.01. The van der Waals surface area contributed by atoms with Crippen molar-refractivity contribution in [3.63, 3.8) is 0 Å². The van der Waals surface area contributed by atoms with E-state index in [1.807, 2.05) is 30.3 Å². The van der Waals surface area contributed by atoms with Gasteiger partial charge in [0.15, 0.2) is 11.5 Å². The number of carbonyl (C=O) groups excluding carboxylic acids is 1. The molecular weight excluding hydrogens is 375 g/mol. The zero-order valence-electron chi connectivity index (χ0n) is 15.6. The molecule has 146 valence electrons. The number of benzene rings is 2. The zero-order chi connectivity index (χ0) is 20.2. The number of aromatic nitrogens is 5. The Morgan fingerprint density at radius 3 is 2.66 bits per heavy atom. The lowest BCUT2D eigenvalue weighted by atomic mass is 10.2. The van der Waals surface area contributed by atoms with E-state index in [0.29, 0.717) is 18.3 Å². The summed E-state index contributed by atoms with van der Waals surface area (Å²) < 4.78 is 19.8. The van der Waals surface area contributed by atoms with Gasteiger partial charge in [0.05, 0.1) is 19.3 Å². The van der Waals surface area contributed by atoms with E-state index in [2.05, 4.69) is 20.5 Å². The minimum atomic E-state index is -0.318. The third-order valence-corrected chi connectivity index (χ3v) is 4.23. The first kappa shape index (κ1) is 18.5. The molecule has 2 heterocycles. The number of nitrogens with zero attached hydrogens (tertiary/aromatic N) is 6. The lowest BCUT2D eigenvalue weighted by Crippen LogP contribution is -2.27. The van der Waals surface area contributed by atoms with E-state index in [0.717, 1.165) is 11.1 Å². The quantitative estimate of drug-likeness (QED) is 0.501. The molecule has 0 aliphatic rings. The van der Waals surface area contributed by atoms with Crippen molar-refractivity contribution in [1.82, 2.24) is 30.0 Å². The maximum absolute atomic E-state index is 13.0. The van der Waals surface area contributed by atoms with Gasteiger partial charge < -0.3 is 9.42 Å². The molecule has 0 saturated heterocycles. The summed E-state index contributed by atoms with van der Waals surface area (Å²) >= 11 is 0. The number of halogens is 1. The molecule has 8 nitrogen and oxygen atoms in total. The van der Waals surface area contributed by atoms with Crippen molar-refractivity contribution in [1.29, 1.82) is 0 Å². The predicted molar refractivity (Wildman–Crippen MR) is 101 cm³/mol. The molecule has 4 aromatic rings. The first-order valence-electron chi connectivity index (χ1n) is 8.86. The molecule has 0 atom stereocenters. The van der Waals surface area contributed by atoms with Crippen molar-refractivity contribution < 1.29 is 13.7 Å². The van der Waals surface area contributed by atoms with Crippen molar-refractivity contribution in [3.8, 4) is 11.5 Å². The summed E-state index contributed by atoms with van der Waals surface area (Å²) in [5.41, 5.74) is 1.86. The van der Waals surface area contributed by atoms with Crippen molar-refractivity contribution in [2.45, 2.75) is 13.1 Å². The first-order valence-corrected chi connectivity index (χ1v) is 8.86. The van der Waals surface area contributed by atoms with Gasteiger partial charge in [-0.2, -0.15) is 4.98 Å². The summed E-state index contributed by atoms with van der Waals surface area (Å²) in [4.78, 5) is 18.4. The van der Waals surface area contributed by atoms with Crippen LogP contribution in [0.15, 0.2) is 65.3 Å². The average Bonchev–Trinajstić information content (AvgIpc) is 3.40. The van der Waals surface area contributed by atoms with Crippen LogP contribution >= 0.6 is 0 Å². The van der Waals surface area contributed by atoms with Gasteiger partial charge in [0.2, 0.25) is 0 Å². The highest BCUT2D eigenvalue weighted by molar-refractivity contribution is 5.91. The number of hydrogen-bond acceptors (Lipinski definition) is 6. The minimum Gasteiger partial charge on any atom is -0.334 e. The highest BCUT2D eigenvalue weighted by atomic mass is 19.1. The van der Waals surface area contributed by atoms with Crippen LogP contribution in [0.5, 0.6) is 0 Å². The van der Waals surface area contributed by atoms with Crippen molar-refractivity contribution in [2.24, 2.45) is 0 Å². The van der Waals surface area contributed by atoms with Crippen LogP contribution in [-0.2, 0) is 13.1 Å². The Labute approximate surface area is 165 Å². The molecule has 0 saturated carbocycles. The number of carbonyl (C=O) groups is 1. The third kappa shape index (κ3) is 4.34. The topological polar surface area (TPSA) is 89.9 Å². The fourth-order valence-electron chi connectivity index (χ4n) is 2.75. The average molecular weight is 392 g/mol. The van der Waals surface area contributed by atoms with Gasteiger partial charge in [-0.05, 0) is 29.8 Å². The van der Waals surface area contributed by atoms with E-state index in [-0.39, 0.29) is 24.0 Å². The lowest BCUT2D eigenvalue weighted by Gasteiger charge is -2.12. The molecule has 4 rings (SSSR count). The first-order chi connectivity index (χ1) is 14.1. The largest absolute Gasteiger partial charge is 0.334 e. The molecule has 0 aliphatic carbocycles. The van der Waals surface area contributed by atoms with Crippen LogP contribution < -0.4 is 0 Å². The molecule has 1 amide bonds. The Morgan fingerprint density at radius 1 is 1.14 bits per heavy atom. The normalized spacial score (nSPS) is 10.8. The van der Waals surface area contributed by atoms with Crippen molar-refractivity contribution in [3.05, 3.63) is 83.7 Å². The third-order valence-electron chi connectivity index (χ3n) is 4.23. The molecule has 2 aromatic heterocycles. The van der Waals surface area contributed by atoms with Crippen molar-refractivity contribution >= 4 is 5.91 Å². The van der Waals surface area contributed by atoms with Gasteiger partial charge >= 0.3 is 0 Å². The molecule has 9 heteroatoms. The fourth-order valence-corrected chi connectivity index (χ4v) is 2.75. The fraction of sp³-hybridized carbons (Fsp3) is 0.150. The molecule has 0 fully saturated rings. The van der Waals surface area contributed by atoms with E-state index < -0.39 is 0 Å². The molecule has 0 unspecified atom stereocenters. The zero-order valence-corrected chi connectivity index (χ0v) is 15.6. The van der Waals surface area contributed by atoms with E-state index in [1.54, 1.807) is 25.4 Å². The minimum absolute atomic E-state index is 0.167. The number of rotatable bonds is 6. The predicted octanol–water partition coefficient (Wildman–Crippen LogP) is 2.79. The van der Waals surface area contributed by atoms with Crippen LogP contribution in [0.4, 0.5) is 4.39 Å². The molecule has 0 aliphatic heterocycles. The summed E-state index contributed by atoms with van der Waals surface area (Å²) in [7, 11) is 1.62. The second-order valence-electron chi connectivity index (χ2n) is 6.47. The summed E-state index contributed by atoms with van der Waals surface area (Å²) in [6.45, 7) is 0.551. The van der Waals surface area contributed by atoms with Crippen LogP contribution in [-0.4, -0.2) is 43.0 Å². The molecule has 2 aromatic carbocycles. The van der Waals surface area contributed by atoms with Gasteiger partial charge in [0.25, 0.3) is 11.8 Å². The van der Waals surface area contributed by atoms with E-state index in [1.165, 1.54) is 21.7 Å². The summed E-state index contributed by atoms with van der Waals surface area (Å²) in [6, 6.07) is 15.5. The van der Waals surface area contributed by atoms with Gasteiger partial charge in [-0.15, -0.1) is 5.10 Å². The maximum Gasteiger partial charge on any atom is 0.276 e. The van der Waals surface area contributed by atoms with E-state index in [4.69, 9.17) is 4.52 Å². The Kier molecular flexibility index (Phi) is 5.10. The van der Waals surface area contributed by atoms with Crippen LogP contribution in [0.1, 0.15) is 21.9 Å². The van der Waals surface area contributed by atoms with Gasteiger partial charge in [-0.3, -0.25) is 4.79 Å². The van der Waals surface area contributed by atoms with Crippen LogP contribution in [0.2, 0.25) is 0 Å². The van der Waals surface area contributed by atoms with Gasteiger partial charge in [0.1, 0.15) is 5.82 Å². The van der Waals surface area contributed by atoms with Crippen LogP contribution in [0, 0.1) is 5.82 Å². The summed E-state index contributed by atoms with van der Waals surface area (Å²) in [5.74, 6) is 0.160. The van der Waals surface area contributed by atoms with E-state index >= 15 is 0 Å². The maximum atomic E-state index is 13.0. The Hall–Kier alpha value is -3.88. The monoisotopic (exact) mass is 392 g/mol. The standard InChI is InChI=1S/C20H17FN6O2/c1-26(13-18-22-19(29-24-18)15-5-3-2-4-6-15)20(28)17-12-27(25-23-17)11-14-7-9-16(21)10-8-14/h2-10,12H,11,13H2,1H3. The highest BCUT2D eigenvalue weighted by Crippen LogP contribution is 2.16. The second-order valence-corrected chi connectivity index (χ2v) is 6.47. The number of amides is 1. The molecular formula is C20H17FN6O2. The smallest absolute Gasteiger partial charge is 0.276 e. The molecule has 0 N–H and O–H groups in total. The summed E-state index contributed by atoms with van der Waals surface area (Å²) in [6.07, 6.45) is 1.55. The Balaban J connectivity index is 1.40. The SMILES string of the molecule is CN(Cc1noc(-c2ccccc2)n1)C(=O)c1cn(Cc2ccc(F)cc2)nn1. The van der Waals surface area contributed by atoms with Crippen LogP contribution in [0.3, 0.4) is 0 Å². The van der Waals surface area contributed by atoms with Gasteiger partial charge in [-0.25, -0.2) is 9.07 Å².